The van der Waals surface area contributed by atoms with E-state index in [0.29, 0.717) is 12.3 Å². The van der Waals surface area contributed by atoms with Crippen molar-refractivity contribution in [1.29, 1.82) is 0 Å². The SMILES string of the molecule is CC.COc1ccc(CNc2ncnc3c2c(C)nn3C2CCS(=O)C2)c(OC)c1. The fraction of sp³-hybridized carbons (Fsp3) is 0.476. The molecule has 0 bridgehead atoms. The number of nitrogens with zero attached hydrogens (tertiary/aromatic N) is 4. The molecule has 0 spiro atoms. The van der Waals surface area contributed by atoms with Gasteiger partial charge in [-0.05, 0) is 25.5 Å². The number of hydrogen-bond acceptors (Lipinski definition) is 7. The lowest BCUT2D eigenvalue weighted by Crippen LogP contribution is -2.11. The lowest BCUT2D eigenvalue weighted by atomic mass is 10.2. The van der Waals surface area contributed by atoms with E-state index in [1.807, 2.05) is 43.7 Å². The number of hydrogen-bond donors (Lipinski definition) is 1. The molecule has 1 aliphatic rings. The Kier molecular flexibility index (Phi) is 7.25. The van der Waals surface area contributed by atoms with Crippen LogP contribution in [-0.4, -0.2) is 49.7 Å². The van der Waals surface area contributed by atoms with Gasteiger partial charge in [0.15, 0.2) is 5.65 Å². The second kappa shape index (κ2) is 9.88. The van der Waals surface area contributed by atoms with Gasteiger partial charge in [0.2, 0.25) is 0 Å². The summed E-state index contributed by atoms with van der Waals surface area (Å²) in [5.74, 6) is 3.57. The minimum atomic E-state index is -0.771. The molecular weight excluding hydrogens is 402 g/mol. The molecule has 1 N–H and O–H groups in total. The van der Waals surface area contributed by atoms with E-state index in [1.54, 1.807) is 20.5 Å². The smallest absolute Gasteiger partial charge is 0.163 e. The summed E-state index contributed by atoms with van der Waals surface area (Å²) < 4.78 is 24.4. The Labute approximate surface area is 179 Å². The number of aryl methyl sites for hydroxylation is 1. The van der Waals surface area contributed by atoms with E-state index in [4.69, 9.17) is 9.47 Å². The molecule has 2 unspecified atom stereocenters. The maximum Gasteiger partial charge on any atom is 0.163 e. The van der Waals surface area contributed by atoms with Crippen LogP contribution in [0.4, 0.5) is 5.82 Å². The third-order valence-electron chi connectivity index (χ3n) is 5.01. The number of benzene rings is 1. The lowest BCUT2D eigenvalue weighted by molar-refractivity contribution is 0.391. The van der Waals surface area contributed by atoms with E-state index in [9.17, 15) is 4.21 Å². The largest absolute Gasteiger partial charge is 0.497 e. The van der Waals surface area contributed by atoms with Crippen LogP contribution in [0.25, 0.3) is 11.0 Å². The van der Waals surface area contributed by atoms with Crippen molar-refractivity contribution < 1.29 is 13.7 Å². The molecule has 0 amide bonds. The van der Waals surface area contributed by atoms with Crippen molar-refractivity contribution >= 4 is 27.7 Å². The van der Waals surface area contributed by atoms with Crippen molar-refractivity contribution in [3.05, 3.63) is 35.8 Å². The Morgan fingerprint density at radius 1 is 1.23 bits per heavy atom. The zero-order chi connectivity index (χ0) is 21.7. The third-order valence-corrected chi connectivity index (χ3v) is 6.45. The highest BCUT2D eigenvalue weighted by molar-refractivity contribution is 7.85. The van der Waals surface area contributed by atoms with Gasteiger partial charge in [0.05, 0.1) is 31.3 Å². The van der Waals surface area contributed by atoms with E-state index in [-0.39, 0.29) is 6.04 Å². The summed E-state index contributed by atoms with van der Waals surface area (Å²) in [6.45, 7) is 6.49. The molecular formula is C21H29N5O3S. The zero-order valence-electron chi connectivity index (χ0n) is 18.1. The fourth-order valence-corrected chi connectivity index (χ4v) is 4.99. The van der Waals surface area contributed by atoms with Crippen molar-refractivity contribution in [1.82, 2.24) is 19.7 Å². The first-order valence-electron chi connectivity index (χ1n) is 10.1. The van der Waals surface area contributed by atoms with E-state index in [0.717, 1.165) is 51.8 Å². The van der Waals surface area contributed by atoms with Crippen LogP contribution in [0.3, 0.4) is 0 Å². The van der Waals surface area contributed by atoms with Gasteiger partial charge >= 0.3 is 0 Å². The Morgan fingerprint density at radius 2 is 2.03 bits per heavy atom. The van der Waals surface area contributed by atoms with Crippen molar-refractivity contribution in [2.45, 2.75) is 39.8 Å². The molecule has 3 aromatic rings. The minimum Gasteiger partial charge on any atom is -0.497 e. The first-order valence-corrected chi connectivity index (χ1v) is 11.6. The van der Waals surface area contributed by atoms with Crippen LogP contribution >= 0.6 is 0 Å². The summed E-state index contributed by atoms with van der Waals surface area (Å²) in [6.07, 6.45) is 2.40. The average Bonchev–Trinajstić information content (AvgIpc) is 3.37. The second-order valence-electron chi connectivity index (χ2n) is 6.74. The Hall–Kier alpha value is -2.68. The van der Waals surface area contributed by atoms with Crippen LogP contribution in [0.15, 0.2) is 24.5 Å². The predicted octanol–water partition coefficient (Wildman–Crippen LogP) is 3.48. The number of anilines is 1. The zero-order valence-corrected chi connectivity index (χ0v) is 19.0. The van der Waals surface area contributed by atoms with Gasteiger partial charge in [-0.25, -0.2) is 14.6 Å². The predicted molar refractivity (Wildman–Crippen MR) is 120 cm³/mol. The van der Waals surface area contributed by atoms with Crippen LogP contribution in [-0.2, 0) is 17.3 Å². The number of ether oxygens (including phenoxy) is 2. The third kappa shape index (κ3) is 4.40. The standard InChI is InChI=1S/C19H23N5O3S.C2H6/c1-12-17-18(20-9-13-4-5-15(26-2)8-16(13)27-3)21-11-22-19(17)24(23-12)14-6-7-28(25)10-14;1-2/h4-5,8,11,14H,6-7,9-10H2,1-3H3,(H,20,21,22);1-2H3. The molecule has 1 aromatic carbocycles. The molecule has 1 saturated heterocycles. The first kappa shape index (κ1) is 22.0. The molecule has 3 heterocycles. The summed E-state index contributed by atoms with van der Waals surface area (Å²) >= 11 is 0. The Morgan fingerprint density at radius 3 is 2.70 bits per heavy atom. The van der Waals surface area contributed by atoms with Gasteiger partial charge in [0.1, 0.15) is 23.6 Å². The highest BCUT2D eigenvalue weighted by Crippen LogP contribution is 2.30. The summed E-state index contributed by atoms with van der Waals surface area (Å²) in [7, 11) is 2.50. The summed E-state index contributed by atoms with van der Waals surface area (Å²) in [5.41, 5.74) is 2.63. The molecule has 2 aromatic heterocycles. The van der Waals surface area contributed by atoms with Crippen molar-refractivity contribution in [3.63, 3.8) is 0 Å². The van der Waals surface area contributed by atoms with Gasteiger partial charge < -0.3 is 14.8 Å². The average molecular weight is 432 g/mol. The van der Waals surface area contributed by atoms with Crippen molar-refractivity contribution in [2.75, 3.05) is 31.0 Å². The van der Waals surface area contributed by atoms with Crippen molar-refractivity contribution in [3.8, 4) is 11.5 Å². The number of methoxy groups -OCH3 is 2. The van der Waals surface area contributed by atoms with E-state index in [2.05, 4.69) is 20.4 Å². The molecule has 2 atom stereocenters. The van der Waals surface area contributed by atoms with E-state index < -0.39 is 10.8 Å². The quantitative estimate of drug-likeness (QED) is 0.639. The Balaban J connectivity index is 0.00000124. The number of fused-ring (bicyclic) bond motifs is 1. The van der Waals surface area contributed by atoms with Crippen LogP contribution in [0.2, 0.25) is 0 Å². The molecule has 162 valence electrons. The molecule has 0 aliphatic carbocycles. The molecule has 8 nitrogen and oxygen atoms in total. The molecule has 1 aliphatic heterocycles. The highest BCUT2D eigenvalue weighted by Gasteiger charge is 2.26. The number of rotatable bonds is 6. The van der Waals surface area contributed by atoms with Crippen LogP contribution in [0, 0.1) is 6.92 Å². The molecule has 0 radical (unpaired) electrons. The van der Waals surface area contributed by atoms with E-state index in [1.165, 1.54) is 0 Å². The summed E-state index contributed by atoms with van der Waals surface area (Å²) in [5, 5.41) is 8.96. The van der Waals surface area contributed by atoms with Gasteiger partial charge in [-0.15, -0.1) is 0 Å². The molecule has 1 fully saturated rings. The minimum absolute atomic E-state index is 0.126. The fourth-order valence-electron chi connectivity index (χ4n) is 3.55. The Bertz CT molecular complexity index is 1040. The number of aromatic nitrogens is 4. The topological polar surface area (TPSA) is 91.2 Å². The maximum atomic E-state index is 11.8. The second-order valence-corrected chi connectivity index (χ2v) is 8.36. The van der Waals surface area contributed by atoms with Crippen LogP contribution in [0.1, 0.15) is 37.6 Å². The molecule has 30 heavy (non-hydrogen) atoms. The summed E-state index contributed by atoms with van der Waals surface area (Å²) in [6, 6.07) is 5.85. The van der Waals surface area contributed by atoms with Gasteiger partial charge in [-0.3, -0.25) is 4.21 Å². The van der Waals surface area contributed by atoms with Crippen molar-refractivity contribution in [2.24, 2.45) is 0 Å². The first-order chi connectivity index (χ1) is 14.6. The normalized spacial score (nSPS) is 18.0. The number of nitrogens with one attached hydrogen (secondary N) is 1. The van der Waals surface area contributed by atoms with Gasteiger partial charge in [-0.1, -0.05) is 13.8 Å². The highest BCUT2D eigenvalue weighted by atomic mass is 32.2. The molecule has 9 heteroatoms. The van der Waals surface area contributed by atoms with Crippen LogP contribution < -0.4 is 14.8 Å². The van der Waals surface area contributed by atoms with Gasteiger partial charge in [0.25, 0.3) is 0 Å². The van der Waals surface area contributed by atoms with Gasteiger partial charge in [0, 0.05) is 40.5 Å². The monoisotopic (exact) mass is 431 g/mol. The molecule has 0 saturated carbocycles. The maximum absolute atomic E-state index is 11.8. The van der Waals surface area contributed by atoms with Crippen LogP contribution in [0.5, 0.6) is 11.5 Å². The summed E-state index contributed by atoms with van der Waals surface area (Å²) in [4.78, 5) is 8.88. The molecule has 4 rings (SSSR count). The van der Waals surface area contributed by atoms with Gasteiger partial charge in [-0.2, -0.15) is 5.10 Å². The van der Waals surface area contributed by atoms with E-state index >= 15 is 0 Å². The lowest BCUT2D eigenvalue weighted by Gasteiger charge is -2.12.